The van der Waals surface area contributed by atoms with Crippen LogP contribution in [-0.4, -0.2) is 46.8 Å². The third kappa shape index (κ3) is 4.52. The molecule has 2 heterocycles. The molecule has 1 unspecified atom stereocenters. The van der Waals surface area contributed by atoms with Crippen molar-refractivity contribution < 1.29 is 13.9 Å². The number of likely N-dealkylation sites (tertiary alicyclic amines) is 1. The maximum Gasteiger partial charge on any atom is 0.254 e. The number of ether oxygens (including phenoxy) is 1. The lowest BCUT2D eigenvalue weighted by atomic mass is 10.0. The number of methoxy groups -OCH3 is 1. The molecule has 6 nitrogen and oxygen atoms in total. The van der Waals surface area contributed by atoms with Crippen LogP contribution in [0.4, 0.5) is 4.39 Å². The Balaban J connectivity index is 1.39. The first-order valence-corrected chi connectivity index (χ1v) is 10.1. The largest absolute Gasteiger partial charge is 0.494 e. The van der Waals surface area contributed by atoms with Gasteiger partial charge in [0.2, 0.25) is 0 Å². The van der Waals surface area contributed by atoms with Crippen molar-refractivity contribution in [3.05, 3.63) is 77.9 Å². The van der Waals surface area contributed by atoms with Gasteiger partial charge in [-0.3, -0.25) is 9.69 Å². The molecule has 156 valence electrons. The van der Waals surface area contributed by atoms with E-state index in [2.05, 4.69) is 15.3 Å². The molecule has 0 aliphatic carbocycles. The maximum absolute atomic E-state index is 14.0. The molecule has 1 amide bonds. The minimum absolute atomic E-state index is 0.0210. The number of carbonyl (C=O) groups excluding carboxylic acids is 1. The lowest BCUT2D eigenvalue weighted by Crippen LogP contribution is -2.47. The van der Waals surface area contributed by atoms with E-state index in [1.165, 1.54) is 6.07 Å². The topological polar surface area (TPSA) is 59.4 Å². The van der Waals surface area contributed by atoms with Gasteiger partial charge in [-0.15, -0.1) is 0 Å². The third-order valence-corrected chi connectivity index (χ3v) is 5.37. The number of nitrogens with zero attached hydrogens (tertiary/aromatic N) is 3. The van der Waals surface area contributed by atoms with E-state index in [0.29, 0.717) is 30.0 Å². The van der Waals surface area contributed by atoms with Gasteiger partial charge < -0.3 is 10.1 Å². The number of amides is 1. The van der Waals surface area contributed by atoms with Crippen molar-refractivity contribution in [2.24, 2.45) is 0 Å². The zero-order valence-electron chi connectivity index (χ0n) is 16.9. The van der Waals surface area contributed by atoms with Crippen LogP contribution in [0.3, 0.4) is 0 Å². The minimum atomic E-state index is -0.188. The third-order valence-electron chi connectivity index (χ3n) is 5.37. The molecular formula is C23H25FN4O2. The minimum Gasteiger partial charge on any atom is -0.494 e. The Morgan fingerprint density at radius 3 is 2.87 bits per heavy atom. The van der Waals surface area contributed by atoms with Crippen LogP contribution in [0.5, 0.6) is 5.75 Å². The smallest absolute Gasteiger partial charge is 0.254 e. The molecule has 0 bridgehead atoms. The van der Waals surface area contributed by atoms with Crippen molar-refractivity contribution in [1.29, 1.82) is 0 Å². The normalized spacial score (nSPS) is 16.9. The number of piperidine rings is 1. The van der Waals surface area contributed by atoms with Crippen LogP contribution in [0.15, 0.2) is 60.9 Å². The summed E-state index contributed by atoms with van der Waals surface area (Å²) in [5, 5.41) is 7.41. The number of halogens is 1. The van der Waals surface area contributed by atoms with Crippen LogP contribution >= 0.6 is 0 Å². The molecule has 3 aromatic rings. The summed E-state index contributed by atoms with van der Waals surface area (Å²) in [6, 6.07) is 14.4. The summed E-state index contributed by atoms with van der Waals surface area (Å²) in [7, 11) is 1.60. The predicted octanol–water partition coefficient (Wildman–Crippen LogP) is 3.41. The molecule has 1 aliphatic rings. The average molecular weight is 408 g/mol. The molecule has 7 heteroatoms. The Labute approximate surface area is 175 Å². The molecule has 0 spiro atoms. The lowest BCUT2D eigenvalue weighted by molar-refractivity contribution is 0.0900. The van der Waals surface area contributed by atoms with Crippen LogP contribution in [0.2, 0.25) is 0 Å². The molecule has 1 fully saturated rings. The summed E-state index contributed by atoms with van der Waals surface area (Å²) >= 11 is 0. The molecule has 1 aliphatic heterocycles. The summed E-state index contributed by atoms with van der Waals surface area (Å²) in [5.41, 5.74) is 1.95. The molecule has 30 heavy (non-hydrogen) atoms. The zero-order valence-corrected chi connectivity index (χ0v) is 16.9. The Hall–Kier alpha value is -3.19. The average Bonchev–Trinajstić information content (AvgIpc) is 3.26. The zero-order chi connectivity index (χ0) is 20.9. The van der Waals surface area contributed by atoms with Gasteiger partial charge in [0.05, 0.1) is 18.9 Å². The first kappa shape index (κ1) is 20.1. The van der Waals surface area contributed by atoms with Crippen LogP contribution in [0.25, 0.3) is 5.69 Å². The number of benzene rings is 2. The van der Waals surface area contributed by atoms with Crippen LogP contribution in [-0.2, 0) is 6.54 Å². The van der Waals surface area contributed by atoms with Gasteiger partial charge in [0.25, 0.3) is 5.91 Å². The van der Waals surface area contributed by atoms with Gasteiger partial charge in [0.1, 0.15) is 17.3 Å². The Kier molecular flexibility index (Phi) is 6.09. The highest BCUT2D eigenvalue weighted by molar-refractivity contribution is 5.94. The first-order chi connectivity index (χ1) is 14.6. The van der Waals surface area contributed by atoms with E-state index in [1.807, 2.05) is 36.4 Å². The van der Waals surface area contributed by atoms with Gasteiger partial charge in [-0.05, 0) is 37.6 Å². The number of nitrogens with one attached hydrogen (secondary N) is 1. The fraction of sp³-hybridized carbons (Fsp3) is 0.304. The van der Waals surface area contributed by atoms with E-state index in [9.17, 15) is 9.18 Å². The predicted molar refractivity (Wildman–Crippen MR) is 112 cm³/mol. The summed E-state index contributed by atoms with van der Waals surface area (Å²) in [5.74, 6) is 0.338. The fourth-order valence-electron chi connectivity index (χ4n) is 3.84. The van der Waals surface area contributed by atoms with Crippen molar-refractivity contribution in [2.75, 3.05) is 20.2 Å². The molecule has 2 aromatic carbocycles. The first-order valence-electron chi connectivity index (χ1n) is 10.1. The molecule has 0 radical (unpaired) electrons. The Bertz CT molecular complexity index is 1020. The van der Waals surface area contributed by atoms with E-state index in [0.717, 1.165) is 25.1 Å². The standard InChI is InChI=1S/C23H25FN4O2/c1-30-22-11-5-4-10-21(22)28-15-18(13-25-28)23(29)26-19-8-6-12-27(16-19)14-17-7-2-3-9-20(17)24/h2-5,7,9-11,13,15,19H,6,8,12,14,16H2,1H3,(H,26,29). The molecule has 1 aromatic heterocycles. The van der Waals surface area contributed by atoms with Crippen LogP contribution in [0, 0.1) is 5.82 Å². The maximum atomic E-state index is 14.0. The molecule has 1 saturated heterocycles. The van der Waals surface area contributed by atoms with Gasteiger partial charge in [-0.25, -0.2) is 9.07 Å². The second kappa shape index (κ2) is 9.09. The van der Waals surface area contributed by atoms with Crippen molar-refractivity contribution in [1.82, 2.24) is 20.0 Å². The second-order valence-electron chi connectivity index (χ2n) is 7.48. The lowest BCUT2D eigenvalue weighted by Gasteiger charge is -2.33. The molecule has 1 atom stereocenters. The van der Waals surface area contributed by atoms with Crippen molar-refractivity contribution in [2.45, 2.75) is 25.4 Å². The van der Waals surface area contributed by atoms with E-state index in [-0.39, 0.29) is 17.8 Å². The number of hydrogen-bond acceptors (Lipinski definition) is 4. The van der Waals surface area contributed by atoms with Gasteiger partial charge in [0.15, 0.2) is 0 Å². The SMILES string of the molecule is COc1ccccc1-n1cc(C(=O)NC2CCCN(Cc3ccccc3F)C2)cn1. The number of hydrogen-bond donors (Lipinski definition) is 1. The molecular weight excluding hydrogens is 383 g/mol. The van der Waals surface area contributed by atoms with E-state index < -0.39 is 0 Å². The quantitative estimate of drug-likeness (QED) is 0.679. The second-order valence-corrected chi connectivity index (χ2v) is 7.48. The number of aromatic nitrogens is 2. The summed E-state index contributed by atoms with van der Waals surface area (Å²) in [4.78, 5) is 14.9. The van der Waals surface area contributed by atoms with Gasteiger partial charge in [-0.2, -0.15) is 5.10 Å². The highest BCUT2D eigenvalue weighted by atomic mass is 19.1. The van der Waals surface area contributed by atoms with E-state index in [4.69, 9.17) is 4.74 Å². The Morgan fingerprint density at radius 2 is 2.03 bits per heavy atom. The van der Waals surface area contributed by atoms with Gasteiger partial charge in [-0.1, -0.05) is 30.3 Å². The number of carbonyl (C=O) groups is 1. The van der Waals surface area contributed by atoms with E-state index >= 15 is 0 Å². The number of para-hydroxylation sites is 2. The van der Waals surface area contributed by atoms with Gasteiger partial charge >= 0.3 is 0 Å². The highest BCUT2D eigenvalue weighted by Gasteiger charge is 2.23. The van der Waals surface area contributed by atoms with Crippen molar-refractivity contribution in [3.63, 3.8) is 0 Å². The fourth-order valence-corrected chi connectivity index (χ4v) is 3.84. The Morgan fingerprint density at radius 1 is 1.23 bits per heavy atom. The van der Waals surface area contributed by atoms with E-state index in [1.54, 1.807) is 30.3 Å². The van der Waals surface area contributed by atoms with Crippen LogP contribution < -0.4 is 10.1 Å². The summed E-state index contributed by atoms with van der Waals surface area (Å²) in [6.45, 7) is 2.14. The molecule has 1 N–H and O–H groups in total. The highest BCUT2D eigenvalue weighted by Crippen LogP contribution is 2.22. The van der Waals surface area contributed by atoms with Gasteiger partial charge in [0, 0.05) is 30.9 Å². The van der Waals surface area contributed by atoms with Crippen molar-refractivity contribution >= 4 is 5.91 Å². The van der Waals surface area contributed by atoms with Crippen LogP contribution in [0.1, 0.15) is 28.8 Å². The summed E-state index contributed by atoms with van der Waals surface area (Å²) in [6.07, 6.45) is 5.12. The molecule has 4 rings (SSSR count). The monoisotopic (exact) mass is 408 g/mol. The number of rotatable bonds is 6. The van der Waals surface area contributed by atoms with Crippen molar-refractivity contribution in [3.8, 4) is 11.4 Å². The molecule has 0 saturated carbocycles. The summed E-state index contributed by atoms with van der Waals surface area (Å²) < 4.78 is 21.0.